The van der Waals surface area contributed by atoms with E-state index in [1.807, 2.05) is 55.4 Å². The highest BCUT2D eigenvalue weighted by atomic mass is 16.5. The predicted molar refractivity (Wildman–Crippen MR) is 155 cm³/mol. The monoisotopic (exact) mass is 572 g/mol. The Morgan fingerprint density at radius 3 is 1.32 bits per heavy atom. The maximum absolute atomic E-state index is 13.2. The number of likely N-dealkylation sites (N-methyl/N-ethyl adjacent to an activating group) is 1. The van der Waals surface area contributed by atoms with Crippen molar-refractivity contribution in [3.05, 3.63) is 0 Å². The second-order valence-electron chi connectivity index (χ2n) is 11.6. The van der Waals surface area contributed by atoms with E-state index >= 15 is 0 Å². The van der Waals surface area contributed by atoms with Crippen molar-refractivity contribution in [2.75, 3.05) is 66.4 Å². The van der Waals surface area contributed by atoms with Gasteiger partial charge in [0.25, 0.3) is 0 Å². The summed E-state index contributed by atoms with van der Waals surface area (Å²) in [6.07, 6.45) is 0.764. The summed E-state index contributed by atoms with van der Waals surface area (Å²) in [6, 6.07) is 0.314. The van der Waals surface area contributed by atoms with Crippen LogP contribution in [0.5, 0.6) is 0 Å². The number of carbonyl (C=O) groups is 4. The van der Waals surface area contributed by atoms with Crippen LogP contribution in [0.25, 0.3) is 0 Å². The van der Waals surface area contributed by atoms with E-state index in [9.17, 15) is 19.2 Å². The van der Waals surface area contributed by atoms with Crippen LogP contribution in [0.1, 0.15) is 74.7 Å². The molecule has 0 aromatic rings. The van der Waals surface area contributed by atoms with Gasteiger partial charge in [0.15, 0.2) is 0 Å². The quantitative estimate of drug-likeness (QED) is 0.165. The number of nitrogens with one attached hydrogen (secondary N) is 1. The summed E-state index contributed by atoms with van der Waals surface area (Å²) >= 11 is 0. The topological polar surface area (TPSA) is 120 Å². The van der Waals surface area contributed by atoms with Gasteiger partial charge in [-0.2, -0.15) is 0 Å². The maximum Gasteiger partial charge on any atom is 0.249 e. The molecular formula is C30H56N2O8. The van der Waals surface area contributed by atoms with Crippen LogP contribution in [0.4, 0.5) is 0 Å². The van der Waals surface area contributed by atoms with Crippen LogP contribution in [0.3, 0.4) is 0 Å². The lowest BCUT2D eigenvalue weighted by atomic mass is 10.00. The zero-order valence-corrected chi connectivity index (χ0v) is 26.5. The molecule has 0 bridgehead atoms. The molecule has 0 aliphatic carbocycles. The number of carbonyl (C=O) groups excluding carboxylic acids is 4. The summed E-state index contributed by atoms with van der Waals surface area (Å²) in [5.41, 5.74) is -1.06. The Kier molecular flexibility index (Phi) is 20.1. The second-order valence-corrected chi connectivity index (χ2v) is 11.6. The molecule has 0 unspecified atom stereocenters. The van der Waals surface area contributed by atoms with Gasteiger partial charge in [-0.05, 0) is 0 Å². The minimum atomic E-state index is -1.06. The molecule has 0 heterocycles. The third kappa shape index (κ3) is 16.5. The number of rotatable bonds is 25. The molecule has 234 valence electrons. The van der Waals surface area contributed by atoms with E-state index in [4.69, 9.17) is 18.9 Å². The lowest BCUT2D eigenvalue weighted by Gasteiger charge is -2.41. The number of nitrogens with zero attached hydrogens (tertiary/aromatic N) is 1. The number of ketones is 3. The molecule has 0 saturated heterocycles. The molecule has 1 N–H and O–H groups in total. The first-order chi connectivity index (χ1) is 18.7. The molecule has 0 atom stereocenters. The molecule has 10 heteroatoms. The molecule has 0 spiro atoms. The molecule has 0 rings (SSSR count). The SMILES string of the molecule is CC(C)NCCOCC(=O)N(C)C(COCCC(=O)C(C)C)(COCCC(=O)C(C)C)COCCC(=O)C(C)C. The van der Waals surface area contributed by atoms with Gasteiger partial charge in [0.1, 0.15) is 29.5 Å². The number of hydrogen-bond donors (Lipinski definition) is 1. The van der Waals surface area contributed by atoms with Crippen molar-refractivity contribution in [1.29, 1.82) is 0 Å². The summed E-state index contributed by atoms with van der Waals surface area (Å²) < 4.78 is 23.4. The zero-order chi connectivity index (χ0) is 30.7. The van der Waals surface area contributed by atoms with E-state index in [0.717, 1.165) is 0 Å². The standard InChI is InChI=1S/C30H56N2O8/c1-22(2)26(33)10-14-38-19-30(20-39-15-11-27(34)23(3)4,21-40-16-12-28(35)24(5)6)32(9)29(36)18-37-17-13-31-25(7)8/h22-25,31H,10-21H2,1-9H3. The molecule has 0 aliphatic rings. The molecule has 0 aliphatic heterocycles. The minimum Gasteiger partial charge on any atom is -0.378 e. The fraction of sp³-hybridized carbons (Fsp3) is 0.867. The van der Waals surface area contributed by atoms with Crippen LogP contribution in [-0.2, 0) is 38.1 Å². The van der Waals surface area contributed by atoms with E-state index in [-0.39, 0.29) is 107 Å². The van der Waals surface area contributed by atoms with Crippen molar-refractivity contribution in [3.8, 4) is 0 Å². The van der Waals surface area contributed by atoms with Crippen LogP contribution in [0.2, 0.25) is 0 Å². The summed E-state index contributed by atoms with van der Waals surface area (Å²) in [7, 11) is 1.64. The van der Waals surface area contributed by atoms with Crippen molar-refractivity contribution < 1.29 is 38.1 Å². The third-order valence-corrected chi connectivity index (χ3v) is 6.63. The maximum atomic E-state index is 13.2. The van der Waals surface area contributed by atoms with Crippen molar-refractivity contribution in [2.24, 2.45) is 17.8 Å². The lowest BCUT2D eigenvalue weighted by Crippen LogP contribution is -2.60. The molecule has 0 aromatic heterocycles. The third-order valence-electron chi connectivity index (χ3n) is 6.63. The van der Waals surface area contributed by atoms with Crippen LogP contribution in [0.15, 0.2) is 0 Å². The first kappa shape index (κ1) is 38.3. The Morgan fingerprint density at radius 2 is 1.00 bits per heavy atom. The van der Waals surface area contributed by atoms with E-state index < -0.39 is 5.54 Å². The largest absolute Gasteiger partial charge is 0.378 e. The van der Waals surface area contributed by atoms with E-state index in [1.165, 1.54) is 4.90 Å². The highest BCUT2D eigenvalue weighted by Crippen LogP contribution is 2.19. The van der Waals surface area contributed by atoms with Gasteiger partial charge in [0.05, 0.1) is 46.2 Å². The number of ether oxygens (including phenoxy) is 4. The van der Waals surface area contributed by atoms with Gasteiger partial charge >= 0.3 is 0 Å². The fourth-order valence-corrected chi connectivity index (χ4v) is 3.53. The molecule has 40 heavy (non-hydrogen) atoms. The Labute approximate surface area is 242 Å². The van der Waals surface area contributed by atoms with Gasteiger partial charge in [-0.3, -0.25) is 19.2 Å². The first-order valence-electron chi connectivity index (χ1n) is 14.6. The normalized spacial score (nSPS) is 12.1. The van der Waals surface area contributed by atoms with Gasteiger partial charge in [0, 0.05) is 56.7 Å². The van der Waals surface area contributed by atoms with Crippen molar-refractivity contribution in [1.82, 2.24) is 10.2 Å². The number of hydrogen-bond acceptors (Lipinski definition) is 9. The smallest absolute Gasteiger partial charge is 0.249 e. The highest BCUT2D eigenvalue weighted by molar-refractivity contribution is 5.81. The van der Waals surface area contributed by atoms with Crippen molar-refractivity contribution >= 4 is 23.3 Å². The van der Waals surface area contributed by atoms with Crippen LogP contribution in [-0.4, -0.2) is 106 Å². The van der Waals surface area contributed by atoms with Gasteiger partial charge in [-0.25, -0.2) is 0 Å². The van der Waals surface area contributed by atoms with Crippen molar-refractivity contribution in [2.45, 2.75) is 86.2 Å². The number of Topliss-reactive ketones (excluding diaryl/α,β-unsaturated/α-hetero) is 3. The van der Waals surface area contributed by atoms with Crippen molar-refractivity contribution in [3.63, 3.8) is 0 Å². The molecule has 0 saturated carbocycles. The zero-order valence-electron chi connectivity index (χ0n) is 26.5. The summed E-state index contributed by atoms with van der Waals surface area (Å²) in [6.45, 7) is 16.7. The predicted octanol–water partition coefficient (Wildman–Crippen LogP) is 3.09. The Morgan fingerprint density at radius 1 is 0.625 bits per heavy atom. The van der Waals surface area contributed by atoms with Gasteiger partial charge in [0.2, 0.25) is 5.91 Å². The molecule has 0 radical (unpaired) electrons. The summed E-state index contributed by atoms with van der Waals surface area (Å²) in [5, 5.41) is 3.24. The molecular weight excluding hydrogens is 516 g/mol. The van der Waals surface area contributed by atoms with Gasteiger partial charge in [-0.1, -0.05) is 55.4 Å². The first-order valence-corrected chi connectivity index (χ1v) is 14.6. The molecule has 1 amide bonds. The van der Waals surface area contributed by atoms with E-state index in [1.54, 1.807) is 7.05 Å². The summed E-state index contributed by atoms with van der Waals surface area (Å²) in [4.78, 5) is 51.1. The Hall–Kier alpha value is -1.72. The second kappa shape index (κ2) is 21.1. The number of amides is 1. The molecule has 0 fully saturated rings. The Balaban J connectivity index is 5.61. The average Bonchev–Trinajstić information content (AvgIpc) is 2.89. The van der Waals surface area contributed by atoms with E-state index in [2.05, 4.69) is 5.32 Å². The lowest BCUT2D eigenvalue weighted by molar-refractivity contribution is -0.154. The van der Waals surface area contributed by atoms with E-state index in [0.29, 0.717) is 19.2 Å². The van der Waals surface area contributed by atoms with Crippen LogP contribution in [0, 0.1) is 17.8 Å². The van der Waals surface area contributed by atoms with Gasteiger partial charge < -0.3 is 29.2 Å². The minimum absolute atomic E-state index is 0.0474. The molecule has 10 nitrogen and oxygen atoms in total. The van der Waals surface area contributed by atoms with Crippen LogP contribution >= 0.6 is 0 Å². The average molecular weight is 573 g/mol. The van der Waals surface area contributed by atoms with Gasteiger partial charge in [-0.15, -0.1) is 0 Å². The molecule has 0 aromatic carbocycles. The summed E-state index contributed by atoms with van der Waals surface area (Å²) in [5.74, 6) is -0.299. The Bertz CT molecular complexity index is 683. The van der Waals surface area contributed by atoms with Crippen LogP contribution < -0.4 is 5.32 Å². The fourth-order valence-electron chi connectivity index (χ4n) is 3.53. The highest BCUT2D eigenvalue weighted by Gasteiger charge is 2.39.